The van der Waals surface area contributed by atoms with Crippen molar-refractivity contribution in [1.82, 2.24) is 4.90 Å². The summed E-state index contributed by atoms with van der Waals surface area (Å²) in [5, 5.41) is 0. The number of benzene rings is 2. The molecule has 1 fully saturated rings. The molecule has 1 aliphatic rings. The summed E-state index contributed by atoms with van der Waals surface area (Å²) in [4.78, 5) is 17.0. The van der Waals surface area contributed by atoms with E-state index >= 15 is 0 Å². The number of hydrogen-bond donors (Lipinski definition) is 0. The summed E-state index contributed by atoms with van der Waals surface area (Å²) in [7, 11) is 1.85. The van der Waals surface area contributed by atoms with Crippen molar-refractivity contribution in [2.75, 3.05) is 25.0 Å². The van der Waals surface area contributed by atoms with E-state index in [9.17, 15) is 9.18 Å². The number of amides is 1. The van der Waals surface area contributed by atoms with Gasteiger partial charge in [0.1, 0.15) is 17.3 Å². The van der Waals surface area contributed by atoms with Crippen LogP contribution in [0.2, 0.25) is 0 Å². The van der Waals surface area contributed by atoms with E-state index in [1.807, 2.05) is 19.2 Å². The van der Waals surface area contributed by atoms with Crippen LogP contribution in [0.15, 0.2) is 65.1 Å². The van der Waals surface area contributed by atoms with Gasteiger partial charge in [0.2, 0.25) is 5.91 Å². The van der Waals surface area contributed by atoms with Crippen LogP contribution in [0.5, 0.6) is 0 Å². The van der Waals surface area contributed by atoms with Gasteiger partial charge in [-0.3, -0.25) is 4.79 Å². The topological polar surface area (TPSA) is 36.7 Å². The normalized spacial score (nSPS) is 13.9. The molecule has 0 atom stereocenters. The highest BCUT2D eigenvalue weighted by molar-refractivity contribution is 5.76. The van der Waals surface area contributed by atoms with Crippen molar-refractivity contribution in [2.45, 2.75) is 38.6 Å². The summed E-state index contributed by atoms with van der Waals surface area (Å²) in [6, 6.07) is 18.5. The minimum Gasteiger partial charge on any atom is -0.461 e. The van der Waals surface area contributed by atoms with Gasteiger partial charge in [0, 0.05) is 45.2 Å². The molecular formula is C26H29FN2O2. The van der Waals surface area contributed by atoms with E-state index in [1.54, 1.807) is 29.2 Å². The third kappa shape index (κ3) is 5.16. The van der Waals surface area contributed by atoms with Crippen molar-refractivity contribution in [3.63, 3.8) is 0 Å². The van der Waals surface area contributed by atoms with Gasteiger partial charge in [-0.2, -0.15) is 0 Å². The number of nitrogens with zero attached hydrogens (tertiary/aromatic N) is 2. The second kappa shape index (κ2) is 9.82. The van der Waals surface area contributed by atoms with Crippen molar-refractivity contribution in [3.05, 3.63) is 77.8 Å². The van der Waals surface area contributed by atoms with Crippen LogP contribution in [-0.2, 0) is 17.8 Å². The predicted molar refractivity (Wildman–Crippen MR) is 121 cm³/mol. The zero-order valence-electron chi connectivity index (χ0n) is 18.0. The molecule has 31 heavy (non-hydrogen) atoms. The van der Waals surface area contributed by atoms with Crippen molar-refractivity contribution >= 4 is 11.6 Å². The number of hydrogen-bond acceptors (Lipinski definition) is 3. The van der Waals surface area contributed by atoms with Gasteiger partial charge in [0.25, 0.3) is 0 Å². The maximum atomic E-state index is 14.0. The highest BCUT2D eigenvalue weighted by Gasteiger charge is 2.17. The Kier molecular flexibility index (Phi) is 6.70. The molecule has 1 saturated heterocycles. The molecule has 5 heteroatoms. The van der Waals surface area contributed by atoms with Gasteiger partial charge in [-0.1, -0.05) is 30.3 Å². The Morgan fingerprint density at radius 1 is 1.00 bits per heavy atom. The van der Waals surface area contributed by atoms with Crippen LogP contribution >= 0.6 is 0 Å². The van der Waals surface area contributed by atoms with Gasteiger partial charge >= 0.3 is 0 Å². The molecule has 0 N–H and O–H groups in total. The molecule has 1 aromatic heterocycles. The maximum Gasteiger partial charge on any atom is 0.223 e. The zero-order valence-corrected chi connectivity index (χ0v) is 18.0. The first-order chi connectivity index (χ1) is 15.1. The van der Waals surface area contributed by atoms with E-state index in [1.165, 1.54) is 36.6 Å². The number of halogens is 1. The number of anilines is 1. The summed E-state index contributed by atoms with van der Waals surface area (Å²) in [5.41, 5.74) is 2.86. The molecule has 1 amide bonds. The van der Waals surface area contributed by atoms with Crippen molar-refractivity contribution in [2.24, 2.45) is 0 Å². The zero-order chi connectivity index (χ0) is 21.6. The summed E-state index contributed by atoms with van der Waals surface area (Å²) >= 11 is 0. The Bertz CT molecular complexity index is 1020. The molecular weight excluding hydrogens is 391 g/mol. The van der Waals surface area contributed by atoms with Crippen LogP contribution in [0.25, 0.3) is 11.3 Å². The van der Waals surface area contributed by atoms with E-state index < -0.39 is 0 Å². The van der Waals surface area contributed by atoms with Crippen molar-refractivity contribution < 1.29 is 13.6 Å². The summed E-state index contributed by atoms with van der Waals surface area (Å²) < 4.78 is 19.7. The summed E-state index contributed by atoms with van der Waals surface area (Å²) in [5.74, 6) is 0.932. The molecule has 2 aromatic carbocycles. The van der Waals surface area contributed by atoms with Crippen LogP contribution < -0.4 is 4.90 Å². The number of aryl methyl sites for hydroxylation is 1. The Hall–Kier alpha value is -3.08. The lowest BCUT2D eigenvalue weighted by Gasteiger charge is -2.31. The number of carbonyl (C=O) groups excluding carboxylic acids is 1. The minimum atomic E-state index is -0.313. The molecule has 2 heterocycles. The van der Waals surface area contributed by atoms with Crippen molar-refractivity contribution in [3.8, 4) is 11.3 Å². The third-order valence-corrected chi connectivity index (χ3v) is 5.91. The molecule has 0 spiro atoms. The van der Waals surface area contributed by atoms with Crippen molar-refractivity contribution in [1.29, 1.82) is 0 Å². The number of para-hydroxylation sites is 1. The van der Waals surface area contributed by atoms with E-state index in [2.05, 4.69) is 23.1 Å². The fourth-order valence-corrected chi connectivity index (χ4v) is 4.17. The van der Waals surface area contributed by atoms with E-state index in [0.717, 1.165) is 13.1 Å². The Morgan fingerprint density at radius 3 is 2.55 bits per heavy atom. The van der Waals surface area contributed by atoms with E-state index in [0.29, 0.717) is 36.5 Å². The van der Waals surface area contributed by atoms with Gasteiger partial charge in [-0.05, 0) is 55.2 Å². The fourth-order valence-electron chi connectivity index (χ4n) is 4.17. The smallest absolute Gasteiger partial charge is 0.223 e. The molecule has 1 aliphatic heterocycles. The first-order valence-electron chi connectivity index (χ1n) is 11.0. The number of piperidine rings is 1. The second-order valence-electron chi connectivity index (χ2n) is 8.17. The van der Waals surface area contributed by atoms with E-state index in [4.69, 9.17) is 4.42 Å². The fraction of sp³-hybridized carbons (Fsp3) is 0.346. The SMILES string of the molecule is CN(Cc1ccccc1N1CCCCC1)C(=O)CCc1ccc(-c2ccccc2F)o1. The lowest BCUT2D eigenvalue weighted by molar-refractivity contribution is -0.130. The molecule has 162 valence electrons. The summed E-state index contributed by atoms with van der Waals surface area (Å²) in [6.45, 7) is 2.75. The maximum absolute atomic E-state index is 14.0. The molecule has 4 nitrogen and oxygen atoms in total. The van der Waals surface area contributed by atoms with Gasteiger partial charge in [0.15, 0.2) is 0 Å². The predicted octanol–water partition coefficient (Wildman–Crippen LogP) is 5.67. The highest BCUT2D eigenvalue weighted by atomic mass is 19.1. The molecule has 0 aliphatic carbocycles. The average molecular weight is 421 g/mol. The first kappa shape index (κ1) is 21.2. The largest absolute Gasteiger partial charge is 0.461 e. The number of rotatable bonds is 7. The molecule has 0 unspecified atom stereocenters. The van der Waals surface area contributed by atoms with Crippen LogP contribution in [0.3, 0.4) is 0 Å². The van der Waals surface area contributed by atoms with Gasteiger partial charge in [-0.15, -0.1) is 0 Å². The molecule has 3 aromatic rings. The van der Waals surface area contributed by atoms with Gasteiger partial charge < -0.3 is 14.2 Å². The van der Waals surface area contributed by atoms with Crippen LogP contribution in [0, 0.1) is 5.82 Å². The highest BCUT2D eigenvalue weighted by Crippen LogP contribution is 2.27. The molecule has 0 radical (unpaired) electrons. The molecule has 0 saturated carbocycles. The average Bonchev–Trinajstić information content (AvgIpc) is 3.27. The standard InChI is InChI=1S/C26H29FN2O2/c1-28(19-20-9-3-6-12-24(20)29-17-7-2-8-18-29)26(30)16-14-21-13-15-25(31-21)22-10-4-5-11-23(22)27/h3-6,9-13,15H,2,7-8,14,16-19H2,1H3. The van der Waals surface area contributed by atoms with Crippen LogP contribution in [0.1, 0.15) is 37.0 Å². The van der Waals surface area contributed by atoms with Gasteiger partial charge in [0.05, 0.1) is 5.56 Å². The van der Waals surface area contributed by atoms with Gasteiger partial charge in [-0.25, -0.2) is 4.39 Å². The first-order valence-corrected chi connectivity index (χ1v) is 11.0. The Morgan fingerprint density at radius 2 is 1.74 bits per heavy atom. The lowest BCUT2D eigenvalue weighted by atomic mass is 10.1. The van der Waals surface area contributed by atoms with E-state index in [-0.39, 0.29) is 11.7 Å². The Labute approximate surface area is 183 Å². The lowest BCUT2D eigenvalue weighted by Crippen LogP contribution is -2.32. The minimum absolute atomic E-state index is 0.0669. The van der Waals surface area contributed by atoms with Crippen LogP contribution in [0.4, 0.5) is 10.1 Å². The molecule has 0 bridgehead atoms. The molecule has 4 rings (SSSR count). The summed E-state index contributed by atoms with van der Waals surface area (Å²) in [6.07, 6.45) is 4.59. The van der Waals surface area contributed by atoms with Crippen LogP contribution in [-0.4, -0.2) is 30.9 Å². The number of carbonyl (C=O) groups is 1. The third-order valence-electron chi connectivity index (χ3n) is 5.91. The second-order valence-corrected chi connectivity index (χ2v) is 8.17. The number of furan rings is 1. The Balaban J connectivity index is 1.35. The quantitative estimate of drug-likeness (QED) is 0.494. The monoisotopic (exact) mass is 420 g/mol.